The Morgan fingerprint density at radius 2 is 2.23 bits per heavy atom. The average Bonchev–Trinajstić information content (AvgIpc) is 3.28. The van der Waals surface area contributed by atoms with E-state index in [2.05, 4.69) is 29.1 Å². The van der Waals surface area contributed by atoms with Crippen LogP contribution in [0, 0.1) is 0 Å². The highest BCUT2D eigenvalue weighted by Gasteiger charge is 2.32. The quantitative estimate of drug-likeness (QED) is 0.861. The maximum Gasteiger partial charge on any atom is 0.322 e. The number of carbonyl (C=O) groups excluding carboxylic acids is 1. The highest BCUT2D eigenvalue weighted by atomic mass is 16.3. The van der Waals surface area contributed by atoms with E-state index in [1.807, 2.05) is 18.2 Å². The Labute approximate surface area is 130 Å². The van der Waals surface area contributed by atoms with Gasteiger partial charge in [0.15, 0.2) is 0 Å². The van der Waals surface area contributed by atoms with Crippen LogP contribution in [0.15, 0.2) is 30.5 Å². The first-order valence-corrected chi connectivity index (χ1v) is 8.00. The van der Waals surface area contributed by atoms with Gasteiger partial charge in [0.05, 0.1) is 12.1 Å². The van der Waals surface area contributed by atoms with E-state index in [4.69, 9.17) is 5.11 Å². The second kappa shape index (κ2) is 6.40. The number of nitrogens with zero attached hydrogens (tertiary/aromatic N) is 2. The van der Waals surface area contributed by atoms with Crippen molar-refractivity contribution in [3.05, 3.63) is 30.5 Å². The lowest BCUT2D eigenvalue weighted by molar-refractivity contribution is 0.185. The van der Waals surface area contributed by atoms with E-state index in [9.17, 15) is 4.79 Å². The molecule has 1 aromatic heterocycles. The van der Waals surface area contributed by atoms with Crippen molar-refractivity contribution in [1.82, 2.24) is 9.47 Å². The number of aromatic nitrogens is 1. The van der Waals surface area contributed by atoms with Gasteiger partial charge in [-0.15, -0.1) is 0 Å². The summed E-state index contributed by atoms with van der Waals surface area (Å²) in [5.41, 5.74) is 1.94. The van der Waals surface area contributed by atoms with E-state index in [1.54, 1.807) is 4.90 Å². The maximum atomic E-state index is 12.4. The lowest BCUT2D eigenvalue weighted by Crippen LogP contribution is -2.38. The van der Waals surface area contributed by atoms with Gasteiger partial charge in [-0.05, 0) is 42.8 Å². The third-order valence-corrected chi connectivity index (χ3v) is 4.08. The van der Waals surface area contributed by atoms with Gasteiger partial charge >= 0.3 is 6.03 Å². The molecule has 0 atom stereocenters. The fraction of sp³-hybridized carbons (Fsp3) is 0.471. The molecule has 0 bridgehead atoms. The molecule has 22 heavy (non-hydrogen) atoms. The van der Waals surface area contributed by atoms with Crippen molar-refractivity contribution in [2.75, 3.05) is 18.5 Å². The minimum absolute atomic E-state index is 0.00229. The fourth-order valence-corrected chi connectivity index (χ4v) is 2.84. The van der Waals surface area contributed by atoms with Crippen molar-refractivity contribution < 1.29 is 9.90 Å². The molecule has 5 nitrogen and oxygen atoms in total. The molecular weight excluding hydrogens is 278 g/mol. The Morgan fingerprint density at radius 1 is 1.41 bits per heavy atom. The first kappa shape index (κ1) is 14.9. The summed E-state index contributed by atoms with van der Waals surface area (Å²) in [6, 6.07) is 8.25. The van der Waals surface area contributed by atoms with E-state index in [1.165, 1.54) is 5.39 Å². The molecule has 1 aliphatic rings. The van der Waals surface area contributed by atoms with Gasteiger partial charge in [0.25, 0.3) is 0 Å². The molecule has 0 aliphatic heterocycles. The predicted octanol–water partition coefficient (Wildman–Crippen LogP) is 3.04. The minimum Gasteiger partial charge on any atom is -0.395 e. The molecule has 118 valence electrons. The number of nitrogens with one attached hydrogen (secondary N) is 1. The maximum absolute atomic E-state index is 12.4. The van der Waals surface area contributed by atoms with Gasteiger partial charge in [-0.25, -0.2) is 4.79 Å². The largest absolute Gasteiger partial charge is 0.395 e. The van der Waals surface area contributed by atoms with Crippen molar-refractivity contribution in [3.8, 4) is 0 Å². The van der Waals surface area contributed by atoms with E-state index in [0.29, 0.717) is 12.6 Å². The van der Waals surface area contributed by atoms with Crippen LogP contribution in [-0.2, 0) is 6.54 Å². The Kier molecular flexibility index (Phi) is 4.34. The molecule has 3 rings (SSSR count). The Hall–Kier alpha value is -2.01. The zero-order valence-corrected chi connectivity index (χ0v) is 13.0. The molecule has 1 aliphatic carbocycles. The molecule has 2 N–H and O–H groups in total. The molecule has 1 heterocycles. The second-order valence-corrected chi connectivity index (χ2v) is 5.86. The molecular formula is C17H23N3O2. The minimum atomic E-state index is -0.121. The van der Waals surface area contributed by atoms with Crippen molar-refractivity contribution in [2.24, 2.45) is 0 Å². The van der Waals surface area contributed by atoms with E-state index < -0.39 is 0 Å². The zero-order valence-electron chi connectivity index (χ0n) is 13.0. The van der Waals surface area contributed by atoms with Gasteiger partial charge in [0, 0.05) is 31.0 Å². The lowest BCUT2D eigenvalue weighted by atomic mass is 10.2. The number of anilines is 1. The van der Waals surface area contributed by atoms with Gasteiger partial charge in [0.2, 0.25) is 0 Å². The van der Waals surface area contributed by atoms with Gasteiger partial charge in [-0.2, -0.15) is 0 Å². The normalized spacial score (nSPS) is 14.3. The number of urea groups is 1. The van der Waals surface area contributed by atoms with Gasteiger partial charge in [0.1, 0.15) is 0 Å². The average molecular weight is 301 g/mol. The zero-order chi connectivity index (χ0) is 15.5. The summed E-state index contributed by atoms with van der Waals surface area (Å²) < 4.78 is 2.21. The molecule has 0 radical (unpaired) electrons. The molecule has 0 unspecified atom stereocenters. The third-order valence-electron chi connectivity index (χ3n) is 4.08. The summed E-state index contributed by atoms with van der Waals surface area (Å²) in [6.45, 7) is 3.52. The van der Waals surface area contributed by atoms with E-state index in [-0.39, 0.29) is 12.6 Å². The van der Waals surface area contributed by atoms with Gasteiger partial charge in [-0.1, -0.05) is 13.0 Å². The molecule has 5 heteroatoms. The molecule has 0 spiro atoms. The standard InChI is InChI=1S/C17H23N3O2/c1-2-8-19-9-7-13-3-4-14(12-16(13)19)18-17(22)20(10-11-21)15-5-6-15/h3-4,7,9,12,15,21H,2,5-6,8,10-11H2,1H3,(H,18,22). The van der Waals surface area contributed by atoms with Crippen LogP contribution >= 0.6 is 0 Å². The first-order chi connectivity index (χ1) is 10.7. The SMILES string of the molecule is CCCn1ccc2ccc(NC(=O)N(CCO)C3CC3)cc21. The molecule has 2 aromatic rings. The van der Waals surface area contributed by atoms with Crippen molar-refractivity contribution >= 4 is 22.6 Å². The Bertz CT molecular complexity index is 661. The number of hydrogen-bond donors (Lipinski definition) is 2. The summed E-state index contributed by atoms with van der Waals surface area (Å²) in [6.07, 6.45) is 5.23. The predicted molar refractivity (Wildman–Crippen MR) is 88.1 cm³/mol. The summed E-state index contributed by atoms with van der Waals surface area (Å²) in [5, 5.41) is 13.3. The molecule has 1 aromatic carbocycles. The number of carbonyl (C=O) groups is 1. The van der Waals surface area contributed by atoms with Crippen LogP contribution in [-0.4, -0.2) is 39.8 Å². The van der Waals surface area contributed by atoms with Crippen LogP contribution in [0.4, 0.5) is 10.5 Å². The number of amides is 2. The number of aryl methyl sites for hydroxylation is 1. The van der Waals surface area contributed by atoms with Crippen molar-refractivity contribution in [1.29, 1.82) is 0 Å². The van der Waals surface area contributed by atoms with Crippen LogP contribution in [0.5, 0.6) is 0 Å². The molecule has 0 saturated heterocycles. The summed E-state index contributed by atoms with van der Waals surface area (Å²) in [5.74, 6) is 0. The van der Waals surface area contributed by atoms with Crippen LogP contribution in [0.25, 0.3) is 10.9 Å². The fourth-order valence-electron chi connectivity index (χ4n) is 2.84. The van der Waals surface area contributed by atoms with Crippen LogP contribution < -0.4 is 5.32 Å². The number of rotatable bonds is 6. The van der Waals surface area contributed by atoms with Gasteiger partial charge < -0.3 is 19.9 Å². The lowest BCUT2D eigenvalue weighted by Gasteiger charge is -2.21. The third kappa shape index (κ3) is 3.09. The number of aliphatic hydroxyl groups excluding tert-OH is 1. The summed E-state index contributed by atoms with van der Waals surface area (Å²) in [4.78, 5) is 14.1. The second-order valence-electron chi connectivity index (χ2n) is 5.86. The highest BCUT2D eigenvalue weighted by Crippen LogP contribution is 2.27. The van der Waals surface area contributed by atoms with E-state index >= 15 is 0 Å². The number of aliphatic hydroxyl groups is 1. The van der Waals surface area contributed by atoms with Gasteiger partial charge in [-0.3, -0.25) is 0 Å². The highest BCUT2D eigenvalue weighted by molar-refractivity contribution is 5.93. The summed E-state index contributed by atoms with van der Waals surface area (Å²) >= 11 is 0. The molecule has 2 amide bonds. The van der Waals surface area contributed by atoms with Crippen LogP contribution in [0.1, 0.15) is 26.2 Å². The molecule has 1 fully saturated rings. The Balaban J connectivity index is 1.77. The summed E-state index contributed by atoms with van der Waals surface area (Å²) in [7, 11) is 0. The molecule has 1 saturated carbocycles. The van der Waals surface area contributed by atoms with Crippen LogP contribution in [0.2, 0.25) is 0 Å². The number of fused-ring (bicyclic) bond motifs is 1. The topological polar surface area (TPSA) is 57.5 Å². The van der Waals surface area contributed by atoms with Crippen molar-refractivity contribution in [2.45, 2.75) is 38.8 Å². The van der Waals surface area contributed by atoms with Crippen LogP contribution in [0.3, 0.4) is 0 Å². The van der Waals surface area contributed by atoms with Crippen molar-refractivity contribution in [3.63, 3.8) is 0 Å². The smallest absolute Gasteiger partial charge is 0.322 e. The van der Waals surface area contributed by atoms with E-state index in [0.717, 1.165) is 37.0 Å². The first-order valence-electron chi connectivity index (χ1n) is 8.00. The Morgan fingerprint density at radius 3 is 2.91 bits per heavy atom. The number of benzene rings is 1. The number of hydrogen-bond acceptors (Lipinski definition) is 2. The monoisotopic (exact) mass is 301 g/mol.